The number of imide groups is 2. The Bertz CT molecular complexity index is 1230. The number of hydrogen-bond acceptors (Lipinski definition) is 4. The minimum absolute atomic E-state index is 0.185. The molecule has 1 aromatic carbocycles. The monoisotopic (exact) mass is 1100 g/mol. The van der Waals surface area contributed by atoms with E-state index in [1.807, 2.05) is 0 Å². The van der Waals surface area contributed by atoms with E-state index >= 15 is 0 Å². The molecule has 34 heavy (non-hydrogen) atoms. The second-order valence-electron chi connectivity index (χ2n) is 7.10. The summed E-state index contributed by atoms with van der Waals surface area (Å²) in [7, 11) is 0. The van der Waals surface area contributed by atoms with E-state index < -0.39 is 32.3 Å². The zero-order valence-electron chi connectivity index (χ0n) is 15.7. The number of halogens is 10. The normalized spacial score (nSPS) is 26.9. The fraction of sp³-hybridized carbons (Fsp3) is 0.222. The average Bonchev–Trinajstić information content (AvgIpc) is 3.14. The van der Waals surface area contributed by atoms with E-state index in [2.05, 4.69) is 159 Å². The van der Waals surface area contributed by atoms with Crippen molar-refractivity contribution >= 4 is 183 Å². The summed E-state index contributed by atoms with van der Waals surface area (Å²) in [6.45, 7) is -0.383. The lowest BCUT2D eigenvalue weighted by Gasteiger charge is -2.37. The first-order valence-corrected chi connectivity index (χ1v) is 16.7. The third kappa shape index (κ3) is 3.65. The maximum Gasteiger partial charge on any atom is 0.262 e. The molecule has 6 nitrogen and oxygen atoms in total. The van der Waals surface area contributed by atoms with Crippen LogP contribution in [-0.2, 0) is 9.59 Å². The lowest BCUT2D eigenvalue weighted by molar-refractivity contribution is -0.139. The molecular formula is C18H4Br10N2O4. The minimum atomic E-state index is -1.49. The van der Waals surface area contributed by atoms with Crippen LogP contribution >= 0.6 is 159 Å². The molecule has 2 atom stereocenters. The number of benzene rings is 1. The van der Waals surface area contributed by atoms with Crippen molar-refractivity contribution in [2.45, 2.75) is 8.65 Å². The summed E-state index contributed by atoms with van der Waals surface area (Å²) in [4.78, 5) is 55.4. The predicted octanol–water partition coefficient (Wildman–Crippen LogP) is 7.99. The summed E-state index contributed by atoms with van der Waals surface area (Å²) in [5.41, 5.74) is 0.385. The van der Waals surface area contributed by atoms with Gasteiger partial charge in [-0.05, 0) is 95.6 Å². The summed E-state index contributed by atoms with van der Waals surface area (Å²) in [5, 5.41) is 0. The van der Waals surface area contributed by atoms with Gasteiger partial charge in [-0.2, -0.15) is 0 Å². The summed E-state index contributed by atoms with van der Waals surface area (Å²) in [5.74, 6) is -2.18. The molecule has 1 aliphatic carbocycles. The van der Waals surface area contributed by atoms with E-state index in [4.69, 9.17) is 0 Å². The van der Waals surface area contributed by atoms with Gasteiger partial charge in [-0.15, -0.1) is 0 Å². The number of rotatable bonds is 3. The molecule has 0 spiro atoms. The summed E-state index contributed by atoms with van der Waals surface area (Å²) < 4.78 is 0.895. The molecule has 1 saturated heterocycles. The van der Waals surface area contributed by atoms with E-state index in [0.717, 1.165) is 9.80 Å². The van der Waals surface area contributed by atoms with Crippen molar-refractivity contribution in [3.63, 3.8) is 0 Å². The number of allylic oxidation sites excluding steroid dienone is 2. The molecule has 4 amide bonds. The SMILES string of the molecule is O=C1c2c(Br)c(Br)c(Br)c(Br)c2C(=O)N1CCN1C(=O)C2(Br)C(Br)=C(Br)C(Br)=C(Br)C2(Br)C1=O. The smallest absolute Gasteiger partial charge is 0.262 e. The number of alkyl halides is 2. The predicted molar refractivity (Wildman–Crippen MR) is 162 cm³/mol. The first-order chi connectivity index (χ1) is 15.6. The van der Waals surface area contributed by atoms with Gasteiger partial charge >= 0.3 is 0 Å². The molecule has 0 radical (unpaired) electrons. The molecule has 16 heteroatoms. The molecule has 1 fully saturated rings. The average molecular weight is 1110 g/mol. The lowest BCUT2D eigenvalue weighted by atomic mass is 9.90. The molecule has 180 valence electrons. The van der Waals surface area contributed by atoms with E-state index in [1.165, 1.54) is 0 Å². The van der Waals surface area contributed by atoms with Crippen molar-refractivity contribution in [1.82, 2.24) is 9.80 Å². The van der Waals surface area contributed by atoms with E-state index in [-0.39, 0.29) is 24.2 Å². The third-order valence-corrected chi connectivity index (χ3v) is 19.7. The van der Waals surface area contributed by atoms with Crippen LogP contribution in [-0.4, -0.2) is 55.2 Å². The molecule has 2 aliphatic heterocycles. The standard InChI is InChI=1S/C18H4Br10N2O4/c19-5-3-4(6(20)8(22)7(5)21)14(32)29(13(3)31)1-2-30-15(33)17(27)11(25)9(23)10(24)12(26)18(17,28)16(30)34/h1-2H2. The highest BCUT2D eigenvalue weighted by Crippen LogP contribution is 2.63. The van der Waals surface area contributed by atoms with Gasteiger partial charge in [0.2, 0.25) is 0 Å². The van der Waals surface area contributed by atoms with Crippen LogP contribution in [0.25, 0.3) is 0 Å². The zero-order chi connectivity index (χ0) is 25.7. The number of likely N-dealkylation sites (tertiary alicyclic amines) is 1. The van der Waals surface area contributed by atoms with Gasteiger partial charge in [-0.1, -0.05) is 63.7 Å². The highest BCUT2D eigenvalue weighted by atomic mass is 79.9. The van der Waals surface area contributed by atoms with Gasteiger partial charge in [0.05, 0.1) is 11.1 Å². The van der Waals surface area contributed by atoms with Gasteiger partial charge in [0.1, 0.15) is 0 Å². The van der Waals surface area contributed by atoms with Crippen LogP contribution in [0.15, 0.2) is 35.8 Å². The van der Waals surface area contributed by atoms with E-state index in [1.54, 1.807) is 0 Å². The van der Waals surface area contributed by atoms with Crippen molar-refractivity contribution in [2.24, 2.45) is 0 Å². The fourth-order valence-electron chi connectivity index (χ4n) is 3.75. The Hall–Kier alpha value is 1.78. The van der Waals surface area contributed by atoms with Crippen LogP contribution in [0.4, 0.5) is 0 Å². The Morgan fingerprint density at radius 1 is 0.529 bits per heavy atom. The van der Waals surface area contributed by atoms with Crippen molar-refractivity contribution < 1.29 is 19.2 Å². The third-order valence-electron chi connectivity index (χ3n) is 5.47. The Morgan fingerprint density at radius 3 is 1.21 bits per heavy atom. The molecule has 0 saturated carbocycles. The molecular weight excluding hydrogens is 1110 g/mol. The fourth-order valence-corrected chi connectivity index (χ4v) is 11.7. The highest BCUT2D eigenvalue weighted by molar-refractivity contribution is 9.18. The number of amides is 4. The zero-order valence-corrected chi connectivity index (χ0v) is 31.6. The van der Waals surface area contributed by atoms with Crippen LogP contribution in [0.1, 0.15) is 20.7 Å². The maximum absolute atomic E-state index is 13.5. The van der Waals surface area contributed by atoms with Gasteiger partial charge in [0, 0.05) is 48.9 Å². The Kier molecular flexibility index (Phi) is 8.26. The van der Waals surface area contributed by atoms with Crippen molar-refractivity contribution in [3.05, 3.63) is 46.9 Å². The van der Waals surface area contributed by atoms with Crippen LogP contribution < -0.4 is 0 Å². The summed E-state index contributed by atoms with van der Waals surface area (Å²) in [6, 6.07) is 0. The molecule has 0 N–H and O–H groups in total. The molecule has 1 aromatic rings. The number of nitrogens with zero attached hydrogens (tertiary/aromatic N) is 2. The second kappa shape index (κ2) is 9.76. The first-order valence-electron chi connectivity index (χ1n) is 8.73. The highest BCUT2D eigenvalue weighted by Gasteiger charge is 2.72. The van der Waals surface area contributed by atoms with Crippen LogP contribution in [0.2, 0.25) is 0 Å². The number of carbonyl (C=O) groups is 4. The largest absolute Gasteiger partial charge is 0.278 e. The quantitative estimate of drug-likeness (QED) is 0.133. The van der Waals surface area contributed by atoms with Crippen molar-refractivity contribution in [2.75, 3.05) is 13.1 Å². The van der Waals surface area contributed by atoms with Gasteiger partial charge in [-0.3, -0.25) is 29.0 Å². The Morgan fingerprint density at radius 2 is 0.853 bits per heavy atom. The molecule has 2 heterocycles. The maximum atomic E-state index is 13.5. The number of hydrogen-bond donors (Lipinski definition) is 0. The summed E-state index contributed by atoms with van der Waals surface area (Å²) in [6.07, 6.45) is 0. The van der Waals surface area contributed by atoms with Crippen LogP contribution in [0.5, 0.6) is 0 Å². The number of carbonyl (C=O) groups excluding carboxylic acids is 4. The minimum Gasteiger partial charge on any atom is -0.278 e. The number of fused-ring (bicyclic) bond motifs is 2. The second-order valence-corrected chi connectivity index (χ2v) is 15.8. The summed E-state index contributed by atoms with van der Waals surface area (Å²) >= 11 is 34.2. The Balaban J connectivity index is 1.69. The van der Waals surface area contributed by atoms with Crippen molar-refractivity contribution in [1.29, 1.82) is 0 Å². The lowest BCUT2D eigenvalue weighted by Crippen LogP contribution is -2.50. The van der Waals surface area contributed by atoms with E-state index in [0.29, 0.717) is 35.8 Å². The van der Waals surface area contributed by atoms with E-state index in [9.17, 15) is 19.2 Å². The molecule has 3 aliphatic rings. The first kappa shape index (κ1) is 28.8. The van der Waals surface area contributed by atoms with Crippen molar-refractivity contribution in [3.8, 4) is 0 Å². The molecule has 2 unspecified atom stereocenters. The molecule has 0 bridgehead atoms. The Labute approximate surface area is 276 Å². The van der Waals surface area contributed by atoms with Crippen LogP contribution in [0, 0.1) is 0 Å². The van der Waals surface area contributed by atoms with Crippen LogP contribution in [0.3, 0.4) is 0 Å². The molecule has 4 rings (SSSR count). The topological polar surface area (TPSA) is 74.8 Å². The van der Waals surface area contributed by atoms with Gasteiger partial charge in [0.15, 0.2) is 8.65 Å². The van der Waals surface area contributed by atoms with Gasteiger partial charge in [0.25, 0.3) is 23.6 Å². The molecule has 0 aromatic heterocycles. The van der Waals surface area contributed by atoms with Gasteiger partial charge < -0.3 is 0 Å². The van der Waals surface area contributed by atoms with Gasteiger partial charge in [-0.25, -0.2) is 0 Å².